The minimum absolute atomic E-state index is 0.597. The zero-order valence-corrected chi connectivity index (χ0v) is 10.6. The summed E-state index contributed by atoms with van der Waals surface area (Å²) in [7, 11) is 0. The third-order valence-corrected chi connectivity index (χ3v) is 6.30. The summed E-state index contributed by atoms with van der Waals surface area (Å²) in [5, 5.41) is 0.875. The molecule has 0 N–H and O–H groups in total. The summed E-state index contributed by atoms with van der Waals surface area (Å²) in [6.45, 7) is 12.0. The average Bonchev–Trinajstić information content (AvgIpc) is 2.38. The van der Waals surface area contributed by atoms with Gasteiger partial charge in [0.25, 0.3) is 0 Å². The zero-order chi connectivity index (χ0) is 10.1. The molecule has 1 heterocycles. The van der Waals surface area contributed by atoms with E-state index >= 15 is 0 Å². The standard InChI is InChI=1S/C12H24S/c1-6-11-9(4)12(7-2,8-3)13-10(11)5/h9-11H,6-8H2,1-5H3. The zero-order valence-electron chi connectivity index (χ0n) is 9.76. The van der Waals surface area contributed by atoms with Crippen LogP contribution in [0.15, 0.2) is 0 Å². The van der Waals surface area contributed by atoms with Gasteiger partial charge in [-0.3, -0.25) is 0 Å². The molecule has 0 aromatic heterocycles. The molecule has 1 saturated heterocycles. The highest BCUT2D eigenvalue weighted by molar-refractivity contribution is 8.01. The fraction of sp³-hybridized carbons (Fsp3) is 1.00. The van der Waals surface area contributed by atoms with Crippen LogP contribution < -0.4 is 0 Å². The van der Waals surface area contributed by atoms with Crippen molar-refractivity contribution in [2.45, 2.75) is 63.9 Å². The Morgan fingerprint density at radius 3 is 1.85 bits per heavy atom. The summed E-state index contributed by atoms with van der Waals surface area (Å²) in [5.41, 5.74) is 0. The molecular formula is C12H24S. The van der Waals surface area contributed by atoms with Crippen molar-refractivity contribution in [2.75, 3.05) is 0 Å². The average molecular weight is 200 g/mol. The largest absolute Gasteiger partial charge is 0.151 e. The topological polar surface area (TPSA) is 0 Å². The van der Waals surface area contributed by atoms with E-state index < -0.39 is 0 Å². The lowest BCUT2D eigenvalue weighted by atomic mass is 9.77. The lowest BCUT2D eigenvalue weighted by Gasteiger charge is -2.32. The van der Waals surface area contributed by atoms with Crippen LogP contribution in [0.25, 0.3) is 0 Å². The highest BCUT2D eigenvalue weighted by Crippen LogP contribution is 2.55. The predicted molar refractivity (Wildman–Crippen MR) is 63.3 cm³/mol. The normalized spacial score (nSPS) is 38.1. The van der Waals surface area contributed by atoms with Gasteiger partial charge < -0.3 is 0 Å². The van der Waals surface area contributed by atoms with E-state index in [9.17, 15) is 0 Å². The highest BCUT2D eigenvalue weighted by Gasteiger charge is 2.46. The molecule has 0 nitrogen and oxygen atoms in total. The first kappa shape index (κ1) is 11.4. The van der Waals surface area contributed by atoms with E-state index in [4.69, 9.17) is 0 Å². The maximum absolute atomic E-state index is 2.47. The van der Waals surface area contributed by atoms with E-state index in [1.807, 2.05) is 0 Å². The fourth-order valence-electron chi connectivity index (χ4n) is 3.11. The van der Waals surface area contributed by atoms with E-state index in [-0.39, 0.29) is 0 Å². The summed E-state index contributed by atoms with van der Waals surface area (Å²) in [6, 6.07) is 0. The van der Waals surface area contributed by atoms with Crippen molar-refractivity contribution in [3.05, 3.63) is 0 Å². The fourth-order valence-corrected chi connectivity index (χ4v) is 5.17. The molecule has 0 aliphatic carbocycles. The molecule has 78 valence electrons. The Kier molecular flexibility index (Phi) is 3.73. The lowest BCUT2D eigenvalue weighted by molar-refractivity contribution is 0.285. The van der Waals surface area contributed by atoms with Gasteiger partial charge in [-0.2, -0.15) is 11.8 Å². The van der Waals surface area contributed by atoms with Crippen molar-refractivity contribution in [2.24, 2.45) is 11.8 Å². The van der Waals surface area contributed by atoms with Crippen molar-refractivity contribution in [3.8, 4) is 0 Å². The number of hydrogen-bond donors (Lipinski definition) is 0. The molecule has 0 amide bonds. The highest BCUT2D eigenvalue weighted by atomic mass is 32.2. The van der Waals surface area contributed by atoms with Crippen LogP contribution in [0.4, 0.5) is 0 Å². The Hall–Kier alpha value is 0.350. The molecule has 1 aliphatic rings. The molecule has 0 aromatic carbocycles. The predicted octanol–water partition coefficient (Wildman–Crippen LogP) is 4.34. The SMILES string of the molecule is CCC1C(C)SC(CC)(CC)C1C. The third-order valence-electron chi connectivity index (χ3n) is 4.16. The van der Waals surface area contributed by atoms with Crippen molar-refractivity contribution < 1.29 is 0 Å². The molecule has 0 bridgehead atoms. The second-order valence-corrected chi connectivity index (χ2v) is 6.25. The molecule has 0 aromatic rings. The van der Waals surface area contributed by atoms with Crippen molar-refractivity contribution >= 4 is 11.8 Å². The molecule has 1 fully saturated rings. The summed E-state index contributed by atoms with van der Waals surface area (Å²) in [6.07, 6.45) is 4.05. The Labute approximate surface area is 87.9 Å². The van der Waals surface area contributed by atoms with Crippen LogP contribution in [0.2, 0.25) is 0 Å². The summed E-state index contributed by atoms with van der Waals surface area (Å²) < 4.78 is 0.597. The number of thioether (sulfide) groups is 1. The molecule has 1 rings (SSSR count). The van der Waals surface area contributed by atoms with Crippen LogP contribution in [0, 0.1) is 11.8 Å². The molecule has 13 heavy (non-hydrogen) atoms. The Balaban J connectivity index is 2.80. The van der Waals surface area contributed by atoms with Gasteiger partial charge in [-0.05, 0) is 24.7 Å². The molecule has 3 atom stereocenters. The molecule has 1 aliphatic heterocycles. The summed E-state index contributed by atoms with van der Waals surface area (Å²) >= 11 is 2.25. The van der Waals surface area contributed by atoms with Crippen LogP contribution in [0.1, 0.15) is 53.9 Å². The summed E-state index contributed by atoms with van der Waals surface area (Å²) in [4.78, 5) is 0. The van der Waals surface area contributed by atoms with Crippen molar-refractivity contribution in [1.82, 2.24) is 0 Å². The Morgan fingerprint density at radius 2 is 1.62 bits per heavy atom. The second kappa shape index (κ2) is 4.25. The first-order valence-electron chi connectivity index (χ1n) is 5.79. The molecule has 3 unspecified atom stereocenters. The van der Waals surface area contributed by atoms with Gasteiger partial charge in [0.05, 0.1) is 0 Å². The molecular weight excluding hydrogens is 176 g/mol. The minimum atomic E-state index is 0.597. The number of rotatable bonds is 3. The van der Waals surface area contributed by atoms with Crippen LogP contribution >= 0.6 is 11.8 Å². The Morgan fingerprint density at radius 1 is 1.08 bits per heavy atom. The first-order chi connectivity index (χ1) is 6.11. The van der Waals surface area contributed by atoms with Gasteiger partial charge in [-0.1, -0.05) is 41.0 Å². The quantitative estimate of drug-likeness (QED) is 0.653. The monoisotopic (exact) mass is 200 g/mol. The molecule has 0 radical (unpaired) electrons. The van der Waals surface area contributed by atoms with E-state index in [1.165, 1.54) is 19.3 Å². The van der Waals surface area contributed by atoms with Gasteiger partial charge in [0.15, 0.2) is 0 Å². The van der Waals surface area contributed by atoms with Gasteiger partial charge in [-0.15, -0.1) is 0 Å². The van der Waals surface area contributed by atoms with Gasteiger partial charge in [0, 0.05) is 10.00 Å². The first-order valence-corrected chi connectivity index (χ1v) is 6.67. The second-order valence-electron chi connectivity index (χ2n) is 4.46. The van der Waals surface area contributed by atoms with E-state index in [2.05, 4.69) is 46.4 Å². The van der Waals surface area contributed by atoms with Gasteiger partial charge in [0.2, 0.25) is 0 Å². The molecule has 0 saturated carbocycles. The Bertz CT molecular complexity index is 161. The van der Waals surface area contributed by atoms with Gasteiger partial charge in [-0.25, -0.2) is 0 Å². The van der Waals surface area contributed by atoms with E-state index in [0.29, 0.717) is 4.75 Å². The smallest absolute Gasteiger partial charge is 0.0186 e. The lowest BCUT2D eigenvalue weighted by Crippen LogP contribution is -2.29. The van der Waals surface area contributed by atoms with E-state index in [1.54, 1.807) is 0 Å². The maximum Gasteiger partial charge on any atom is 0.0186 e. The minimum Gasteiger partial charge on any atom is -0.151 e. The van der Waals surface area contributed by atoms with Crippen LogP contribution in [0.3, 0.4) is 0 Å². The van der Waals surface area contributed by atoms with Crippen molar-refractivity contribution in [3.63, 3.8) is 0 Å². The molecule has 1 heteroatoms. The van der Waals surface area contributed by atoms with E-state index in [0.717, 1.165) is 17.1 Å². The van der Waals surface area contributed by atoms with Crippen LogP contribution in [0.5, 0.6) is 0 Å². The number of hydrogen-bond acceptors (Lipinski definition) is 1. The van der Waals surface area contributed by atoms with Crippen LogP contribution in [-0.2, 0) is 0 Å². The van der Waals surface area contributed by atoms with Crippen LogP contribution in [-0.4, -0.2) is 10.00 Å². The maximum atomic E-state index is 2.47. The molecule has 0 spiro atoms. The van der Waals surface area contributed by atoms with Crippen molar-refractivity contribution in [1.29, 1.82) is 0 Å². The third kappa shape index (κ3) is 1.77. The van der Waals surface area contributed by atoms with Gasteiger partial charge >= 0.3 is 0 Å². The summed E-state index contributed by atoms with van der Waals surface area (Å²) in [5.74, 6) is 1.86. The van der Waals surface area contributed by atoms with Gasteiger partial charge in [0.1, 0.15) is 0 Å².